The van der Waals surface area contributed by atoms with E-state index in [4.69, 9.17) is 4.42 Å². The first-order valence-electron chi connectivity index (χ1n) is 7.23. The van der Waals surface area contributed by atoms with Gasteiger partial charge in [0.25, 0.3) is 0 Å². The van der Waals surface area contributed by atoms with Gasteiger partial charge in [-0.2, -0.15) is 0 Å². The van der Waals surface area contributed by atoms with Gasteiger partial charge in [0, 0.05) is 18.9 Å². The molecule has 1 aliphatic heterocycles. The van der Waals surface area contributed by atoms with Gasteiger partial charge in [0.05, 0.1) is 6.54 Å². The van der Waals surface area contributed by atoms with Crippen LogP contribution in [-0.2, 0) is 17.8 Å². The highest BCUT2D eigenvalue weighted by atomic mass is 16.4. The van der Waals surface area contributed by atoms with E-state index in [1.807, 2.05) is 6.92 Å². The fourth-order valence-corrected chi connectivity index (χ4v) is 2.68. The van der Waals surface area contributed by atoms with Crippen LogP contribution in [0.4, 0.5) is 0 Å². The third-order valence-corrected chi connectivity index (χ3v) is 3.67. The molecular formula is C14H23N3O2. The van der Waals surface area contributed by atoms with E-state index >= 15 is 0 Å². The minimum atomic E-state index is 0.261. The van der Waals surface area contributed by atoms with Gasteiger partial charge in [-0.1, -0.05) is 19.8 Å². The molecule has 1 aromatic heterocycles. The van der Waals surface area contributed by atoms with Gasteiger partial charge in [-0.05, 0) is 26.3 Å². The van der Waals surface area contributed by atoms with Crippen molar-refractivity contribution in [2.75, 3.05) is 6.54 Å². The largest absolute Gasteiger partial charge is 0.424 e. The van der Waals surface area contributed by atoms with E-state index in [9.17, 15) is 4.79 Å². The molecule has 0 N–H and O–H groups in total. The van der Waals surface area contributed by atoms with Crippen molar-refractivity contribution in [1.82, 2.24) is 15.1 Å². The van der Waals surface area contributed by atoms with Crippen LogP contribution in [-0.4, -0.2) is 33.5 Å². The number of nitrogens with zero attached hydrogens (tertiary/aromatic N) is 3. The zero-order chi connectivity index (χ0) is 13.7. The predicted molar refractivity (Wildman–Crippen MR) is 71.6 cm³/mol. The Morgan fingerprint density at radius 3 is 2.79 bits per heavy atom. The molecule has 1 saturated heterocycles. The monoisotopic (exact) mass is 265 g/mol. The predicted octanol–water partition coefficient (Wildman–Crippen LogP) is 2.36. The highest BCUT2D eigenvalue weighted by molar-refractivity contribution is 5.76. The lowest BCUT2D eigenvalue weighted by atomic mass is 10.0. The van der Waals surface area contributed by atoms with Gasteiger partial charge in [0.2, 0.25) is 11.8 Å². The lowest BCUT2D eigenvalue weighted by molar-refractivity contribution is -0.118. The Morgan fingerprint density at radius 2 is 2.11 bits per heavy atom. The first-order valence-corrected chi connectivity index (χ1v) is 7.23. The summed E-state index contributed by atoms with van der Waals surface area (Å²) in [4.78, 5) is 13.7. The molecule has 5 nitrogen and oxygen atoms in total. The van der Waals surface area contributed by atoms with Crippen molar-refractivity contribution in [3.05, 3.63) is 11.8 Å². The van der Waals surface area contributed by atoms with Gasteiger partial charge in [-0.3, -0.25) is 9.69 Å². The van der Waals surface area contributed by atoms with Crippen molar-refractivity contribution >= 4 is 5.78 Å². The molecule has 5 heteroatoms. The highest BCUT2D eigenvalue weighted by Crippen LogP contribution is 2.21. The Bertz CT molecular complexity index is 417. The molecule has 2 heterocycles. The number of likely N-dealkylation sites (tertiary alicyclic amines) is 1. The Balaban J connectivity index is 2.02. The summed E-state index contributed by atoms with van der Waals surface area (Å²) in [7, 11) is 0. The fourth-order valence-electron chi connectivity index (χ4n) is 2.68. The molecular weight excluding hydrogens is 242 g/mol. The fraction of sp³-hybridized carbons (Fsp3) is 0.786. The first-order chi connectivity index (χ1) is 9.19. The lowest BCUT2D eigenvalue weighted by Gasteiger charge is -2.27. The Hall–Kier alpha value is -1.23. The van der Waals surface area contributed by atoms with E-state index < -0.39 is 0 Å². The first kappa shape index (κ1) is 14.2. The molecule has 106 valence electrons. The maximum Gasteiger partial charge on any atom is 0.230 e. The SMILES string of the molecule is CCc1nnc(CN2CCCCCC2CC(C)=O)o1. The van der Waals surface area contributed by atoms with Crippen LogP contribution in [0.3, 0.4) is 0 Å². The van der Waals surface area contributed by atoms with Gasteiger partial charge < -0.3 is 4.42 Å². The number of ketones is 1. The second-order valence-corrected chi connectivity index (χ2v) is 5.32. The molecule has 0 radical (unpaired) electrons. The maximum atomic E-state index is 11.4. The smallest absolute Gasteiger partial charge is 0.230 e. The third kappa shape index (κ3) is 4.13. The maximum absolute atomic E-state index is 11.4. The van der Waals surface area contributed by atoms with E-state index in [1.54, 1.807) is 6.92 Å². The molecule has 0 aromatic carbocycles. The number of rotatable bonds is 5. The summed E-state index contributed by atoms with van der Waals surface area (Å²) in [6.07, 6.45) is 6.13. The van der Waals surface area contributed by atoms with Crippen molar-refractivity contribution < 1.29 is 9.21 Å². The standard InChI is InChI=1S/C14H23N3O2/c1-3-13-15-16-14(19-13)10-17-8-6-4-5-7-12(17)9-11(2)18/h12H,3-10H2,1-2H3. The Labute approximate surface area is 114 Å². The molecule has 1 unspecified atom stereocenters. The van der Waals surface area contributed by atoms with Crippen LogP contribution in [0, 0.1) is 0 Å². The molecule has 1 aliphatic rings. The average molecular weight is 265 g/mol. The van der Waals surface area contributed by atoms with Crippen molar-refractivity contribution in [2.45, 2.75) is 65.0 Å². The van der Waals surface area contributed by atoms with E-state index in [-0.39, 0.29) is 5.78 Å². The summed E-state index contributed by atoms with van der Waals surface area (Å²) in [5.74, 6) is 1.62. The zero-order valence-corrected chi connectivity index (χ0v) is 11.9. The van der Waals surface area contributed by atoms with Gasteiger partial charge in [-0.25, -0.2) is 0 Å². The summed E-state index contributed by atoms with van der Waals surface area (Å²) in [6, 6.07) is 0.331. The van der Waals surface area contributed by atoms with Gasteiger partial charge in [0.15, 0.2) is 0 Å². The van der Waals surface area contributed by atoms with E-state index in [2.05, 4.69) is 15.1 Å². The number of Topliss-reactive ketones (excluding diaryl/α,β-unsaturated/α-hetero) is 1. The number of aryl methyl sites for hydroxylation is 1. The van der Waals surface area contributed by atoms with Crippen LogP contribution in [0.2, 0.25) is 0 Å². The van der Waals surface area contributed by atoms with Crippen LogP contribution in [0.5, 0.6) is 0 Å². The Kier molecular flexibility index (Phi) is 5.07. The molecule has 0 bridgehead atoms. The molecule has 1 fully saturated rings. The van der Waals surface area contributed by atoms with Crippen LogP contribution < -0.4 is 0 Å². The average Bonchev–Trinajstić information content (AvgIpc) is 2.72. The van der Waals surface area contributed by atoms with Crippen molar-refractivity contribution in [3.8, 4) is 0 Å². The summed E-state index contributed by atoms with van der Waals surface area (Å²) in [5, 5.41) is 8.08. The third-order valence-electron chi connectivity index (χ3n) is 3.67. The van der Waals surface area contributed by atoms with Crippen molar-refractivity contribution in [2.24, 2.45) is 0 Å². The van der Waals surface area contributed by atoms with Gasteiger partial charge in [0.1, 0.15) is 5.78 Å². The number of aromatic nitrogens is 2. The zero-order valence-electron chi connectivity index (χ0n) is 11.9. The summed E-state index contributed by atoms with van der Waals surface area (Å²) in [6.45, 7) is 5.36. The molecule has 1 atom stereocenters. The molecule has 0 saturated carbocycles. The van der Waals surface area contributed by atoms with Crippen LogP contribution in [0.1, 0.15) is 57.7 Å². The van der Waals surface area contributed by atoms with Crippen LogP contribution in [0.25, 0.3) is 0 Å². The molecule has 19 heavy (non-hydrogen) atoms. The van der Waals surface area contributed by atoms with Gasteiger partial charge >= 0.3 is 0 Å². The van der Waals surface area contributed by atoms with Crippen molar-refractivity contribution in [3.63, 3.8) is 0 Å². The molecule has 0 aliphatic carbocycles. The number of carbonyl (C=O) groups is 1. The minimum Gasteiger partial charge on any atom is -0.424 e. The molecule has 0 spiro atoms. The number of hydrogen-bond donors (Lipinski definition) is 0. The Morgan fingerprint density at radius 1 is 1.32 bits per heavy atom. The number of hydrogen-bond acceptors (Lipinski definition) is 5. The summed E-state index contributed by atoms with van der Waals surface area (Å²) >= 11 is 0. The summed E-state index contributed by atoms with van der Waals surface area (Å²) in [5.41, 5.74) is 0. The van der Waals surface area contributed by atoms with E-state index in [0.717, 1.165) is 19.4 Å². The second kappa shape index (κ2) is 6.80. The molecule has 2 rings (SSSR count). The second-order valence-electron chi connectivity index (χ2n) is 5.32. The number of carbonyl (C=O) groups excluding carboxylic acids is 1. The van der Waals surface area contributed by atoms with Crippen LogP contribution in [0.15, 0.2) is 4.42 Å². The molecule has 1 aromatic rings. The van der Waals surface area contributed by atoms with Crippen LogP contribution >= 0.6 is 0 Å². The molecule has 0 amide bonds. The lowest BCUT2D eigenvalue weighted by Crippen LogP contribution is -2.35. The quantitative estimate of drug-likeness (QED) is 0.818. The van der Waals surface area contributed by atoms with Gasteiger partial charge in [-0.15, -0.1) is 10.2 Å². The van der Waals surface area contributed by atoms with Crippen molar-refractivity contribution in [1.29, 1.82) is 0 Å². The summed E-state index contributed by atoms with van der Waals surface area (Å²) < 4.78 is 5.58. The highest BCUT2D eigenvalue weighted by Gasteiger charge is 2.23. The normalized spacial score (nSPS) is 21.3. The van der Waals surface area contributed by atoms with E-state index in [1.165, 1.54) is 19.3 Å². The minimum absolute atomic E-state index is 0.261. The topological polar surface area (TPSA) is 59.2 Å². The van der Waals surface area contributed by atoms with E-state index in [0.29, 0.717) is 30.8 Å².